The Balaban J connectivity index is 2.08. The van der Waals surface area contributed by atoms with Gasteiger partial charge in [-0.05, 0) is 46.3 Å². The molecule has 0 spiro atoms. The summed E-state index contributed by atoms with van der Waals surface area (Å²) in [6, 6.07) is 13.7. The van der Waals surface area contributed by atoms with Gasteiger partial charge in [0.15, 0.2) is 0 Å². The highest BCUT2D eigenvalue weighted by Gasteiger charge is 2.10. The first-order valence-corrected chi connectivity index (χ1v) is 7.49. The van der Waals surface area contributed by atoms with Gasteiger partial charge in [-0.1, -0.05) is 18.2 Å². The standard InChI is InChI=1S/C16H14BrN3O3/c17-13-7-2-1-6-12(13)16(23)20-11-5-3-4-10(8-11)19-15(22)9-14(18)21/h1-8H,9H2,(H2,18,21)(H,19,22)(H,20,23). The van der Waals surface area contributed by atoms with Gasteiger partial charge in [0.25, 0.3) is 5.91 Å². The molecule has 0 heterocycles. The van der Waals surface area contributed by atoms with Crippen molar-refractivity contribution in [3.63, 3.8) is 0 Å². The van der Waals surface area contributed by atoms with Gasteiger partial charge in [-0.3, -0.25) is 14.4 Å². The molecule has 118 valence electrons. The lowest BCUT2D eigenvalue weighted by Crippen LogP contribution is -2.21. The molecule has 0 radical (unpaired) electrons. The van der Waals surface area contributed by atoms with Gasteiger partial charge in [0, 0.05) is 15.8 Å². The molecule has 4 N–H and O–H groups in total. The van der Waals surface area contributed by atoms with Crippen molar-refractivity contribution in [3.05, 3.63) is 58.6 Å². The van der Waals surface area contributed by atoms with E-state index in [9.17, 15) is 14.4 Å². The molecule has 0 saturated carbocycles. The molecular formula is C16H14BrN3O3. The number of hydrogen-bond donors (Lipinski definition) is 3. The number of primary amides is 1. The number of carbonyl (C=O) groups is 3. The summed E-state index contributed by atoms with van der Waals surface area (Å²) in [6.45, 7) is 0. The number of rotatable bonds is 5. The molecule has 0 aliphatic carbocycles. The van der Waals surface area contributed by atoms with Crippen molar-refractivity contribution >= 4 is 45.0 Å². The third-order valence-electron chi connectivity index (χ3n) is 2.86. The van der Waals surface area contributed by atoms with Gasteiger partial charge in [0.2, 0.25) is 11.8 Å². The van der Waals surface area contributed by atoms with Crippen LogP contribution in [-0.4, -0.2) is 17.7 Å². The van der Waals surface area contributed by atoms with E-state index in [0.29, 0.717) is 21.4 Å². The van der Waals surface area contributed by atoms with Crippen molar-refractivity contribution in [3.8, 4) is 0 Å². The first-order chi connectivity index (χ1) is 11.0. The minimum absolute atomic E-state index is 0.280. The van der Waals surface area contributed by atoms with Crippen LogP contribution >= 0.6 is 15.9 Å². The number of halogens is 1. The van der Waals surface area contributed by atoms with E-state index in [4.69, 9.17) is 5.73 Å². The van der Waals surface area contributed by atoms with Gasteiger partial charge in [-0.2, -0.15) is 0 Å². The Bertz CT molecular complexity index is 762. The quantitative estimate of drug-likeness (QED) is 0.699. The summed E-state index contributed by atoms with van der Waals surface area (Å²) in [7, 11) is 0. The van der Waals surface area contributed by atoms with E-state index in [1.807, 2.05) is 6.07 Å². The van der Waals surface area contributed by atoms with Gasteiger partial charge in [-0.25, -0.2) is 0 Å². The Labute approximate surface area is 141 Å². The number of benzene rings is 2. The van der Waals surface area contributed by atoms with Gasteiger partial charge < -0.3 is 16.4 Å². The van der Waals surface area contributed by atoms with E-state index in [1.54, 1.807) is 42.5 Å². The average Bonchev–Trinajstić information content (AvgIpc) is 2.47. The normalized spacial score (nSPS) is 9.96. The summed E-state index contributed by atoms with van der Waals surface area (Å²) < 4.78 is 0.684. The maximum Gasteiger partial charge on any atom is 0.256 e. The van der Waals surface area contributed by atoms with E-state index in [-0.39, 0.29) is 5.91 Å². The topological polar surface area (TPSA) is 101 Å². The van der Waals surface area contributed by atoms with Crippen molar-refractivity contribution in [2.75, 3.05) is 10.6 Å². The van der Waals surface area contributed by atoms with Crippen LogP contribution < -0.4 is 16.4 Å². The van der Waals surface area contributed by atoms with Crippen LogP contribution in [0.4, 0.5) is 11.4 Å². The van der Waals surface area contributed by atoms with Gasteiger partial charge in [0.05, 0.1) is 5.56 Å². The highest BCUT2D eigenvalue weighted by molar-refractivity contribution is 9.10. The van der Waals surface area contributed by atoms with Gasteiger partial charge in [0.1, 0.15) is 6.42 Å². The second kappa shape index (κ2) is 7.55. The number of nitrogens with one attached hydrogen (secondary N) is 2. The van der Waals surface area contributed by atoms with Gasteiger partial charge >= 0.3 is 0 Å². The SMILES string of the molecule is NC(=O)CC(=O)Nc1cccc(NC(=O)c2ccccc2Br)c1. The van der Waals surface area contributed by atoms with Crippen LogP contribution in [-0.2, 0) is 9.59 Å². The van der Waals surface area contributed by atoms with Crippen LogP contribution in [0.5, 0.6) is 0 Å². The van der Waals surface area contributed by atoms with E-state index < -0.39 is 18.2 Å². The molecular weight excluding hydrogens is 362 g/mol. The zero-order chi connectivity index (χ0) is 16.8. The lowest BCUT2D eigenvalue weighted by Gasteiger charge is -2.09. The molecule has 0 bridgehead atoms. The van der Waals surface area contributed by atoms with Crippen molar-refractivity contribution in [2.45, 2.75) is 6.42 Å². The fourth-order valence-electron chi connectivity index (χ4n) is 1.88. The number of carbonyl (C=O) groups excluding carboxylic acids is 3. The molecule has 0 saturated heterocycles. The molecule has 0 aromatic heterocycles. The van der Waals surface area contributed by atoms with Crippen molar-refractivity contribution in [1.82, 2.24) is 0 Å². The smallest absolute Gasteiger partial charge is 0.256 e. The predicted molar refractivity (Wildman–Crippen MR) is 91.0 cm³/mol. The summed E-state index contributed by atoms with van der Waals surface area (Å²) in [4.78, 5) is 34.4. The zero-order valence-electron chi connectivity index (χ0n) is 12.0. The van der Waals surface area contributed by atoms with Gasteiger partial charge in [-0.15, -0.1) is 0 Å². The molecule has 0 aliphatic rings. The van der Waals surface area contributed by atoms with E-state index in [0.717, 1.165) is 0 Å². The largest absolute Gasteiger partial charge is 0.369 e. The summed E-state index contributed by atoms with van der Waals surface area (Å²) in [6.07, 6.45) is -0.395. The van der Waals surface area contributed by atoms with Crippen LogP contribution in [0, 0.1) is 0 Å². The molecule has 7 heteroatoms. The number of hydrogen-bond acceptors (Lipinski definition) is 3. The van der Waals surface area contributed by atoms with E-state index in [1.165, 1.54) is 0 Å². The maximum atomic E-state index is 12.2. The molecule has 0 atom stereocenters. The van der Waals surface area contributed by atoms with Crippen LogP contribution in [0.15, 0.2) is 53.0 Å². The third kappa shape index (κ3) is 4.93. The minimum Gasteiger partial charge on any atom is -0.369 e. The summed E-state index contributed by atoms with van der Waals surface area (Å²) in [5, 5.41) is 5.28. The Morgan fingerprint density at radius 2 is 1.61 bits per heavy atom. The Kier molecular flexibility index (Phi) is 5.48. The molecule has 0 aliphatic heterocycles. The summed E-state index contributed by atoms with van der Waals surface area (Å²) in [5.41, 5.74) is 6.43. The fourth-order valence-corrected chi connectivity index (χ4v) is 2.35. The molecule has 6 nitrogen and oxygen atoms in total. The molecule has 23 heavy (non-hydrogen) atoms. The van der Waals surface area contributed by atoms with E-state index >= 15 is 0 Å². The maximum absolute atomic E-state index is 12.2. The summed E-state index contributed by atoms with van der Waals surface area (Å²) in [5.74, 6) is -1.49. The van der Waals surface area contributed by atoms with Crippen LogP contribution in [0.3, 0.4) is 0 Å². The second-order valence-corrected chi connectivity index (χ2v) is 5.56. The van der Waals surface area contributed by atoms with Crippen LogP contribution in [0.1, 0.15) is 16.8 Å². The summed E-state index contributed by atoms with van der Waals surface area (Å²) >= 11 is 3.32. The molecule has 2 aromatic carbocycles. The highest BCUT2D eigenvalue weighted by atomic mass is 79.9. The van der Waals surface area contributed by atoms with Crippen molar-refractivity contribution in [2.24, 2.45) is 5.73 Å². The second-order valence-electron chi connectivity index (χ2n) is 4.71. The molecule has 0 fully saturated rings. The number of nitrogens with two attached hydrogens (primary N) is 1. The monoisotopic (exact) mass is 375 g/mol. The fraction of sp³-hybridized carbons (Fsp3) is 0.0625. The lowest BCUT2D eigenvalue weighted by atomic mass is 10.2. The third-order valence-corrected chi connectivity index (χ3v) is 3.55. The minimum atomic E-state index is -0.708. The highest BCUT2D eigenvalue weighted by Crippen LogP contribution is 2.20. The van der Waals surface area contributed by atoms with E-state index in [2.05, 4.69) is 26.6 Å². The number of amides is 3. The molecule has 2 aromatic rings. The molecule has 2 rings (SSSR count). The lowest BCUT2D eigenvalue weighted by molar-refractivity contribution is -0.124. The molecule has 0 unspecified atom stereocenters. The number of anilines is 2. The Morgan fingerprint density at radius 3 is 2.26 bits per heavy atom. The zero-order valence-corrected chi connectivity index (χ0v) is 13.6. The Morgan fingerprint density at radius 1 is 0.957 bits per heavy atom. The van der Waals surface area contributed by atoms with Crippen LogP contribution in [0.25, 0.3) is 0 Å². The predicted octanol–water partition coefficient (Wildman–Crippen LogP) is 2.52. The first-order valence-electron chi connectivity index (χ1n) is 6.70. The van der Waals surface area contributed by atoms with Crippen molar-refractivity contribution in [1.29, 1.82) is 0 Å². The van der Waals surface area contributed by atoms with Crippen molar-refractivity contribution < 1.29 is 14.4 Å². The average molecular weight is 376 g/mol. The Hall–Kier alpha value is -2.67. The molecule has 3 amide bonds. The van der Waals surface area contributed by atoms with Crippen LogP contribution in [0.2, 0.25) is 0 Å². The first kappa shape index (κ1) is 16.7.